The fourth-order valence-corrected chi connectivity index (χ4v) is 3.72. The highest BCUT2D eigenvalue weighted by Gasteiger charge is 2.20. The highest BCUT2D eigenvalue weighted by atomic mass is 32.2. The Kier molecular flexibility index (Phi) is 7.23. The summed E-state index contributed by atoms with van der Waals surface area (Å²) in [6.45, 7) is 5.20. The molecule has 1 aliphatic rings. The first-order chi connectivity index (χ1) is 15.6. The van der Waals surface area contributed by atoms with Gasteiger partial charge in [0.15, 0.2) is 0 Å². The number of hydrazine groups is 1. The van der Waals surface area contributed by atoms with Gasteiger partial charge in [0.1, 0.15) is 16.5 Å². The topological polar surface area (TPSA) is 105 Å². The Morgan fingerprint density at radius 1 is 1.31 bits per heavy atom. The van der Waals surface area contributed by atoms with E-state index in [4.69, 9.17) is 9.72 Å². The third-order valence-electron chi connectivity index (χ3n) is 4.73. The Morgan fingerprint density at radius 2 is 2.12 bits per heavy atom. The number of amidine groups is 1. The van der Waals surface area contributed by atoms with Crippen LogP contribution in [-0.2, 0) is 4.74 Å². The Bertz CT molecular complexity index is 1090. The molecule has 1 amide bonds. The van der Waals surface area contributed by atoms with Crippen LogP contribution in [0.5, 0.6) is 0 Å². The third kappa shape index (κ3) is 6.21. The number of fused-ring (bicyclic) bond motifs is 1. The van der Waals surface area contributed by atoms with Gasteiger partial charge in [0.25, 0.3) is 0 Å². The fraction of sp³-hybridized carbons (Fsp3) is 0.364. The second-order valence-corrected chi connectivity index (χ2v) is 8.68. The number of rotatable bonds is 9. The van der Waals surface area contributed by atoms with Gasteiger partial charge >= 0.3 is 6.09 Å². The molecule has 32 heavy (non-hydrogen) atoms. The molecule has 3 aromatic rings. The lowest BCUT2D eigenvalue weighted by Gasteiger charge is -2.09. The van der Waals surface area contributed by atoms with Crippen molar-refractivity contribution >= 4 is 41.0 Å². The molecule has 0 bridgehead atoms. The van der Waals surface area contributed by atoms with E-state index in [1.807, 2.05) is 54.8 Å². The number of anilines is 1. The minimum atomic E-state index is -0.447. The van der Waals surface area contributed by atoms with Gasteiger partial charge in [-0.2, -0.15) is 4.99 Å². The van der Waals surface area contributed by atoms with Crippen LogP contribution in [0.3, 0.4) is 0 Å². The Balaban J connectivity index is 1.44. The van der Waals surface area contributed by atoms with Gasteiger partial charge in [-0.25, -0.2) is 20.2 Å². The van der Waals surface area contributed by atoms with Crippen molar-refractivity contribution in [1.29, 1.82) is 0 Å². The number of aliphatic imine (C=N–C) groups is 1. The minimum Gasteiger partial charge on any atom is -0.449 e. The smallest absolute Gasteiger partial charge is 0.411 e. The maximum Gasteiger partial charge on any atom is 0.411 e. The standard InChI is InChI=1S/C22H27N7O2S/c1-3-12-31-22(30)26-17-6-8-18(9-7-17)32-20-13-19-23-10-11-29(19)21(27-20)25-15(2)28-24-14-16-4-5-16/h6-11,13,16,24H,3-5,12,14H2,1-2H3,(H,26,30)(H,25,27,28). The molecule has 9 nitrogen and oxygen atoms in total. The predicted molar refractivity (Wildman–Crippen MR) is 125 cm³/mol. The molecule has 1 fully saturated rings. The number of nitrogens with one attached hydrogen (secondary N) is 3. The van der Waals surface area contributed by atoms with Crippen LogP contribution in [0.4, 0.5) is 16.4 Å². The molecular weight excluding hydrogens is 426 g/mol. The van der Waals surface area contributed by atoms with Gasteiger partial charge in [0.2, 0.25) is 5.95 Å². The molecule has 1 aliphatic carbocycles. The van der Waals surface area contributed by atoms with Gasteiger partial charge < -0.3 is 10.2 Å². The number of amides is 1. The first kappa shape index (κ1) is 22.1. The molecule has 0 aliphatic heterocycles. The van der Waals surface area contributed by atoms with Gasteiger partial charge in [0, 0.05) is 35.6 Å². The van der Waals surface area contributed by atoms with Crippen LogP contribution in [0, 0.1) is 5.92 Å². The lowest BCUT2D eigenvalue weighted by molar-refractivity contribution is 0.161. The SMILES string of the molecule is CCCOC(=O)Nc1ccc(Sc2cc3nccn3c(/N=C(\C)NNCC3CC3)n2)cc1. The second-order valence-electron chi connectivity index (χ2n) is 7.58. The van der Waals surface area contributed by atoms with Crippen LogP contribution in [0.2, 0.25) is 0 Å². The van der Waals surface area contributed by atoms with E-state index in [-0.39, 0.29) is 0 Å². The first-order valence-corrected chi connectivity index (χ1v) is 11.5. The number of carbonyl (C=O) groups is 1. The van der Waals surface area contributed by atoms with Crippen LogP contribution in [0.1, 0.15) is 33.1 Å². The van der Waals surface area contributed by atoms with E-state index in [0.717, 1.165) is 40.3 Å². The molecule has 0 radical (unpaired) electrons. The average molecular weight is 454 g/mol. The summed E-state index contributed by atoms with van der Waals surface area (Å²) in [5.74, 6) is 2.07. The lowest BCUT2D eigenvalue weighted by atomic mass is 10.3. The van der Waals surface area contributed by atoms with Crippen molar-refractivity contribution in [1.82, 2.24) is 25.2 Å². The number of ether oxygens (including phenoxy) is 1. The number of nitrogens with zero attached hydrogens (tertiary/aromatic N) is 4. The van der Waals surface area contributed by atoms with Gasteiger partial charge in [0.05, 0.1) is 6.61 Å². The van der Waals surface area contributed by atoms with Crippen molar-refractivity contribution in [3.05, 3.63) is 42.7 Å². The summed E-state index contributed by atoms with van der Waals surface area (Å²) in [6.07, 6.45) is 6.50. The van der Waals surface area contributed by atoms with Gasteiger partial charge in [-0.1, -0.05) is 18.7 Å². The van der Waals surface area contributed by atoms with Crippen LogP contribution in [-0.4, -0.2) is 39.4 Å². The van der Waals surface area contributed by atoms with Crippen molar-refractivity contribution in [2.45, 2.75) is 43.0 Å². The van der Waals surface area contributed by atoms with Crippen LogP contribution < -0.4 is 16.2 Å². The molecule has 3 N–H and O–H groups in total. The molecule has 0 spiro atoms. The molecular formula is C22H27N7O2S. The summed E-state index contributed by atoms with van der Waals surface area (Å²) in [7, 11) is 0. The maximum absolute atomic E-state index is 11.7. The molecule has 1 aromatic carbocycles. The molecule has 1 saturated carbocycles. The largest absolute Gasteiger partial charge is 0.449 e. The van der Waals surface area contributed by atoms with Crippen LogP contribution >= 0.6 is 11.8 Å². The van der Waals surface area contributed by atoms with Gasteiger partial charge in [-0.3, -0.25) is 9.72 Å². The number of imidazole rings is 1. The number of hydrogen-bond donors (Lipinski definition) is 3. The molecule has 0 atom stereocenters. The Hall–Kier alpha value is -3.11. The molecule has 0 unspecified atom stereocenters. The highest BCUT2D eigenvalue weighted by Crippen LogP contribution is 2.30. The first-order valence-electron chi connectivity index (χ1n) is 10.7. The van der Waals surface area contributed by atoms with Crippen molar-refractivity contribution < 1.29 is 9.53 Å². The summed E-state index contributed by atoms with van der Waals surface area (Å²) in [4.78, 5) is 26.4. The summed E-state index contributed by atoms with van der Waals surface area (Å²) in [6, 6.07) is 9.45. The number of hydrogen-bond acceptors (Lipinski definition) is 7. The van der Waals surface area contributed by atoms with E-state index in [9.17, 15) is 4.79 Å². The van der Waals surface area contributed by atoms with Gasteiger partial charge in [-0.15, -0.1) is 0 Å². The van der Waals surface area contributed by atoms with Gasteiger partial charge in [-0.05, 0) is 56.4 Å². The predicted octanol–water partition coefficient (Wildman–Crippen LogP) is 4.39. The minimum absolute atomic E-state index is 0.401. The quantitative estimate of drug-likeness (QED) is 0.191. The van der Waals surface area contributed by atoms with E-state index in [2.05, 4.69) is 26.1 Å². The maximum atomic E-state index is 11.7. The summed E-state index contributed by atoms with van der Waals surface area (Å²) in [5, 5.41) is 3.50. The molecule has 2 heterocycles. The lowest BCUT2D eigenvalue weighted by Crippen LogP contribution is -2.37. The average Bonchev–Trinajstić information content (AvgIpc) is 3.47. The molecule has 10 heteroatoms. The molecule has 4 rings (SSSR count). The Labute approximate surface area is 191 Å². The molecule has 168 valence electrons. The van der Waals surface area contributed by atoms with E-state index < -0.39 is 6.09 Å². The zero-order chi connectivity index (χ0) is 22.3. The Morgan fingerprint density at radius 3 is 2.88 bits per heavy atom. The van der Waals surface area contributed by atoms with Crippen molar-refractivity contribution in [2.75, 3.05) is 18.5 Å². The second kappa shape index (κ2) is 10.5. The third-order valence-corrected chi connectivity index (χ3v) is 5.66. The molecule has 2 aromatic heterocycles. The molecule has 0 saturated heterocycles. The summed E-state index contributed by atoms with van der Waals surface area (Å²) < 4.78 is 6.89. The zero-order valence-corrected chi connectivity index (χ0v) is 19.0. The van der Waals surface area contributed by atoms with Crippen LogP contribution in [0.15, 0.2) is 57.6 Å². The fourth-order valence-electron chi connectivity index (χ4n) is 2.92. The normalized spacial score (nSPS) is 13.9. The summed E-state index contributed by atoms with van der Waals surface area (Å²) >= 11 is 1.50. The highest BCUT2D eigenvalue weighted by molar-refractivity contribution is 7.99. The monoisotopic (exact) mass is 453 g/mol. The number of aromatic nitrogens is 3. The van der Waals surface area contributed by atoms with Crippen molar-refractivity contribution in [2.24, 2.45) is 10.9 Å². The summed E-state index contributed by atoms with van der Waals surface area (Å²) in [5.41, 5.74) is 7.81. The van der Waals surface area contributed by atoms with E-state index >= 15 is 0 Å². The van der Waals surface area contributed by atoms with Crippen LogP contribution in [0.25, 0.3) is 5.65 Å². The van der Waals surface area contributed by atoms with Crippen molar-refractivity contribution in [3.63, 3.8) is 0 Å². The van der Waals surface area contributed by atoms with E-state index in [1.165, 1.54) is 24.6 Å². The van der Waals surface area contributed by atoms with Crippen molar-refractivity contribution in [3.8, 4) is 0 Å². The number of carbonyl (C=O) groups excluding carboxylic acids is 1. The number of benzene rings is 1. The van der Waals surface area contributed by atoms with E-state index in [0.29, 0.717) is 18.2 Å². The zero-order valence-electron chi connectivity index (χ0n) is 18.2. The van der Waals surface area contributed by atoms with E-state index in [1.54, 1.807) is 6.20 Å².